The van der Waals surface area contributed by atoms with Crippen LogP contribution in [0.3, 0.4) is 0 Å². The third kappa shape index (κ3) is 2.70. The molecule has 2 nitrogen and oxygen atoms in total. The summed E-state index contributed by atoms with van der Waals surface area (Å²) < 4.78 is 5.59. The molecule has 2 rings (SSSR count). The highest BCUT2D eigenvalue weighted by Crippen LogP contribution is 2.60. The van der Waals surface area contributed by atoms with E-state index >= 15 is 0 Å². The normalized spacial score (nSPS) is 34.2. The van der Waals surface area contributed by atoms with Gasteiger partial charge in [0.25, 0.3) is 0 Å². The summed E-state index contributed by atoms with van der Waals surface area (Å²) in [6.45, 7) is 8.49. The lowest BCUT2D eigenvalue weighted by Gasteiger charge is -2.11. The summed E-state index contributed by atoms with van der Waals surface area (Å²) >= 11 is 1.88. The number of thioether (sulfide) groups is 1. The van der Waals surface area contributed by atoms with Crippen LogP contribution in [0.5, 0.6) is 0 Å². The van der Waals surface area contributed by atoms with E-state index in [0.717, 1.165) is 17.9 Å². The summed E-state index contributed by atoms with van der Waals surface area (Å²) in [7, 11) is 0. The highest BCUT2D eigenvalue weighted by molar-refractivity contribution is 7.99. The Morgan fingerprint density at radius 1 is 1.41 bits per heavy atom. The van der Waals surface area contributed by atoms with E-state index in [-0.39, 0.29) is 23.4 Å². The first-order valence-electron chi connectivity index (χ1n) is 6.36. The summed E-state index contributed by atoms with van der Waals surface area (Å²) in [5, 5.41) is 0. The van der Waals surface area contributed by atoms with Crippen molar-refractivity contribution in [3.05, 3.63) is 11.6 Å². The number of carbonyl (C=O) groups is 1. The molecule has 0 N–H and O–H groups in total. The van der Waals surface area contributed by atoms with E-state index in [1.165, 1.54) is 5.57 Å². The fraction of sp³-hybridized carbons (Fsp3) is 0.786. The molecule has 0 unspecified atom stereocenters. The van der Waals surface area contributed by atoms with Crippen LogP contribution < -0.4 is 0 Å². The van der Waals surface area contributed by atoms with E-state index in [2.05, 4.69) is 33.8 Å². The van der Waals surface area contributed by atoms with Crippen molar-refractivity contribution in [1.29, 1.82) is 0 Å². The third-order valence-corrected chi connectivity index (χ3v) is 4.98. The predicted octanol–water partition coefficient (Wildman–Crippen LogP) is 3.27. The number of carbonyl (C=O) groups excluding carboxylic acids is 1. The molecule has 96 valence electrons. The second-order valence-corrected chi connectivity index (χ2v) is 7.14. The maximum absolute atomic E-state index is 12.1. The number of rotatable bonds is 3. The lowest BCUT2D eigenvalue weighted by atomic mass is 10.1. The van der Waals surface area contributed by atoms with E-state index in [1.54, 1.807) is 0 Å². The van der Waals surface area contributed by atoms with Gasteiger partial charge >= 0.3 is 5.97 Å². The largest absolute Gasteiger partial charge is 0.461 e. The number of esters is 1. The summed E-state index contributed by atoms with van der Waals surface area (Å²) in [6.07, 6.45) is 3.41. The van der Waals surface area contributed by atoms with Gasteiger partial charge in [-0.1, -0.05) is 25.5 Å². The van der Waals surface area contributed by atoms with Crippen molar-refractivity contribution in [2.75, 3.05) is 11.5 Å². The maximum Gasteiger partial charge on any atom is 0.310 e. The van der Waals surface area contributed by atoms with Gasteiger partial charge in [-0.05, 0) is 37.4 Å². The van der Waals surface area contributed by atoms with Gasteiger partial charge in [0.1, 0.15) is 6.10 Å². The Labute approximate surface area is 108 Å². The first kappa shape index (κ1) is 13.0. The summed E-state index contributed by atoms with van der Waals surface area (Å²) in [6, 6.07) is 0. The lowest BCUT2D eigenvalue weighted by Crippen LogP contribution is -2.20. The monoisotopic (exact) mass is 254 g/mol. The zero-order valence-corrected chi connectivity index (χ0v) is 12.0. The molecule has 0 spiro atoms. The second kappa shape index (κ2) is 4.68. The van der Waals surface area contributed by atoms with Gasteiger partial charge in [0.05, 0.1) is 5.92 Å². The van der Waals surface area contributed by atoms with Gasteiger partial charge in [0, 0.05) is 5.75 Å². The molecule has 17 heavy (non-hydrogen) atoms. The molecule has 0 amide bonds. The zero-order chi connectivity index (χ0) is 12.6. The number of allylic oxidation sites excluding steroid dienone is 2. The molecular weight excluding hydrogens is 232 g/mol. The molecule has 0 aromatic heterocycles. The Hall–Kier alpha value is -0.440. The van der Waals surface area contributed by atoms with E-state index in [0.29, 0.717) is 5.92 Å². The van der Waals surface area contributed by atoms with Crippen LogP contribution in [0.25, 0.3) is 0 Å². The maximum atomic E-state index is 12.1. The molecule has 1 aliphatic heterocycles. The fourth-order valence-corrected chi connectivity index (χ4v) is 3.74. The molecule has 0 aromatic rings. The summed E-state index contributed by atoms with van der Waals surface area (Å²) in [4.78, 5) is 12.1. The van der Waals surface area contributed by atoms with Crippen molar-refractivity contribution in [3.63, 3.8) is 0 Å². The van der Waals surface area contributed by atoms with Gasteiger partial charge in [-0.2, -0.15) is 11.8 Å². The summed E-state index contributed by atoms with van der Waals surface area (Å²) in [5.41, 5.74) is 1.37. The van der Waals surface area contributed by atoms with Gasteiger partial charge < -0.3 is 4.74 Å². The van der Waals surface area contributed by atoms with E-state index in [1.807, 2.05) is 11.8 Å². The van der Waals surface area contributed by atoms with Crippen molar-refractivity contribution < 1.29 is 9.53 Å². The lowest BCUT2D eigenvalue weighted by molar-refractivity contribution is -0.150. The molecule has 1 aliphatic carbocycles. The topological polar surface area (TPSA) is 26.3 Å². The Morgan fingerprint density at radius 2 is 2.12 bits per heavy atom. The SMILES string of the molecule is CC(C)=C[C@@H]1[C@H](C(=O)O[C@H]2CCSC2)C1(C)C. The Kier molecular flexibility index (Phi) is 3.58. The van der Waals surface area contributed by atoms with Crippen molar-refractivity contribution in [3.8, 4) is 0 Å². The van der Waals surface area contributed by atoms with Crippen LogP contribution in [-0.2, 0) is 9.53 Å². The number of hydrogen-bond donors (Lipinski definition) is 0. The van der Waals surface area contributed by atoms with Gasteiger partial charge in [-0.25, -0.2) is 0 Å². The summed E-state index contributed by atoms with van der Waals surface area (Å²) in [5.74, 6) is 2.57. The minimum absolute atomic E-state index is 0.0185. The first-order valence-corrected chi connectivity index (χ1v) is 7.51. The van der Waals surface area contributed by atoms with Gasteiger partial charge in [-0.15, -0.1) is 0 Å². The molecule has 3 heteroatoms. The van der Waals surface area contributed by atoms with Crippen molar-refractivity contribution >= 4 is 17.7 Å². The van der Waals surface area contributed by atoms with Crippen LogP contribution in [0.1, 0.15) is 34.1 Å². The van der Waals surface area contributed by atoms with Gasteiger partial charge in [0.15, 0.2) is 0 Å². The van der Waals surface area contributed by atoms with Crippen molar-refractivity contribution in [2.45, 2.75) is 40.2 Å². The standard InChI is InChI=1S/C14H22O2S/c1-9(2)7-11-12(14(11,3)4)13(15)16-10-5-6-17-8-10/h7,10-12H,5-6,8H2,1-4H3/t10-,11+,12+/m0/s1. The van der Waals surface area contributed by atoms with E-state index in [4.69, 9.17) is 4.74 Å². The molecule has 2 fully saturated rings. The van der Waals surface area contributed by atoms with Crippen LogP contribution in [0.4, 0.5) is 0 Å². The predicted molar refractivity (Wildman–Crippen MR) is 72.0 cm³/mol. The molecule has 3 atom stereocenters. The second-order valence-electron chi connectivity index (χ2n) is 5.99. The molecule has 1 saturated heterocycles. The highest BCUT2D eigenvalue weighted by atomic mass is 32.2. The first-order chi connectivity index (χ1) is 7.93. The Bertz CT molecular complexity index is 336. The molecule has 0 bridgehead atoms. The number of ether oxygens (including phenoxy) is 1. The van der Waals surface area contributed by atoms with Gasteiger partial charge in [0.2, 0.25) is 0 Å². The van der Waals surface area contributed by atoms with Crippen LogP contribution in [-0.4, -0.2) is 23.6 Å². The Morgan fingerprint density at radius 3 is 2.65 bits per heavy atom. The molecular formula is C14H22O2S. The minimum atomic E-state index is 0.0185. The highest BCUT2D eigenvalue weighted by Gasteiger charge is 2.61. The third-order valence-electron chi connectivity index (χ3n) is 3.85. The smallest absolute Gasteiger partial charge is 0.310 e. The average Bonchev–Trinajstić information content (AvgIpc) is 2.64. The average molecular weight is 254 g/mol. The van der Waals surface area contributed by atoms with Crippen LogP contribution in [0.15, 0.2) is 11.6 Å². The van der Waals surface area contributed by atoms with Crippen molar-refractivity contribution in [2.24, 2.45) is 17.3 Å². The molecule has 0 aromatic carbocycles. The Balaban J connectivity index is 1.94. The van der Waals surface area contributed by atoms with E-state index in [9.17, 15) is 4.79 Å². The minimum Gasteiger partial charge on any atom is -0.461 e. The van der Waals surface area contributed by atoms with Crippen molar-refractivity contribution in [1.82, 2.24) is 0 Å². The molecule has 2 aliphatic rings. The molecule has 0 radical (unpaired) electrons. The quantitative estimate of drug-likeness (QED) is 0.571. The molecule has 1 saturated carbocycles. The van der Waals surface area contributed by atoms with Crippen LogP contribution >= 0.6 is 11.8 Å². The number of hydrogen-bond acceptors (Lipinski definition) is 3. The molecule has 1 heterocycles. The van der Waals surface area contributed by atoms with Gasteiger partial charge in [-0.3, -0.25) is 4.79 Å². The van der Waals surface area contributed by atoms with Crippen LogP contribution in [0.2, 0.25) is 0 Å². The van der Waals surface area contributed by atoms with E-state index < -0.39 is 0 Å². The fourth-order valence-electron chi connectivity index (χ4n) is 2.64. The van der Waals surface area contributed by atoms with Crippen LogP contribution in [0, 0.1) is 17.3 Å². The zero-order valence-electron chi connectivity index (χ0n) is 11.2.